The first-order valence-electron chi connectivity index (χ1n) is 9.49. The number of hydrogen-bond donors (Lipinski definition) is 2. The van der Waals surface area contributed by atoms with Gasteiger partial charge in [-0.25, -0.2) is 10.4 Å². The Morgan fingerprint density at radius 2 is 1.55 bits per heavy atom. The number of carboxylic acid groups (broad SMARTS) is 1. The average Bonchev–Trinajstić information content (AvgIpc) is 3.09. The molecule has 0 aromatic heterocycles. The molecule has 0 unspecified atom stereocenters. The van der Waals surface area contributed by atoms with Crippen molar-refractivity contribution >= 4 is 34.9 Å². The van der Waals surface area contributed by atoms with E-state index in [0.717, 1.165) is 18.2 Å². The Bertz CT molecular complexity index is 1150. The largest absolute Gasteiger partial charge is 0.480 e. The van der Waals surface area contributed by atoms with Crippen LogP contribution in [0.5, 0.6) is 0 Å². The Hall–Kier alpha value is -4.52. The summed E-state index contributed by atoms with van der Waals surface area (Å²) in [5.41, 5.74) is 1.21. The van der Waals surface area contributed by atoms with E-state index >= 15 is 0 Å². The van der Waals surface area contributed by atoms with Gasteiger partial charge in [-0.3, -0.25) is 39.4 Å². The summed E-state index contributed by atoms with van der Waals surface area (Å²) in [5.74, 6) is -3.19. The smallest absolute Gasteiger partial charge is 0.322 e. The second-order valence-corrected chi connectivity index (χ2v) is 7.13. The second kappa shape index (κ2) is 9.32. The lowest BCUT2D eigenvalue weighted by Crippen LogP contribution is -2.51. The maximum Gasteiger partial charge on any atom is 0.322 e. The molecule has 33 heavy (non-hydrogen) atoms. The van der Waals surface area contributed by atoms with Gasteiger partial charge in [0.1, 0.15) is 6.04 Å². The first-order valence-corrected chi connectivity index (χ1v) is 9.49. The highest BCUT2D eigenvalue weighted by Gasteiger charge is 2.33. The van der Waals surface area contributed by atoms with Gasteiger partial charge in [0.2, 0.25) is 11.8 Å². The van der Waals surface area contributed by atoms with Crippen molar-refractivity contribution in [2.45, 2.75) is 25.3 Å². The molecule has 0 radical (unpaired) electrons. The molecule has 0 aliphatic carbocycles. The molecular formula is C20H16N4O9. The normalized spacial score (nSPS) is 14.2. The molecule has 13 nitrogen and oxygen atoms in total. The van der Waals surface area contributed by atoms with Crippen LogP contribution in [-0.2, 0) is 20.8 Å². The van der Waals surface area contributed by atoms with Crippen LogP contribution >= 0.6 is 0 Å². The molecule has 3 rings (SSSR count). The van der Waals surface area contributed by atoms with Crippen LogP contribution in [0.3, 0.4) is 0 Å². The van der Waals surface area contributed by atoms with Crippen LogP contribution in [0.2, 0.25) is 0 Å². The van der Waals surface area contributed by atoms with Gasteiger partial charge in [0, 0.05) is 42.5 Å². The number of rotatable bonds is 9. The van der Waals surface area contributed by atoms with E-state index in [1.54, 1.807) is 0 Å². The molecule has 1 atom stereocenters. The predicted molar refractivity (Wildman–Crippen MR) is 109 cm³/mol. The van der Waals surface area contributed by atoms with Crippen molar-refractivity contribution in [1.82, 2.24) is 10.4 Å². The van der Waals surface area contributed by atoms with E-state index in [9.17, 15) is 44.5 Å². The zero-order valence-corrected chi connectivity index (χ0v) is 16.8. The number of ketones is 1. The third-order valence-electron chi connectivity index (χ3n) is 4.85. The van der Waals surface area contributed by atoms with Crippen molar-refractivity contribution in [3.05, 3.63) is 79.4 Å². The van der Waals surface area contributed by atoms with Crippen LogP contribution in [0.15, 0.2) is 42.5 Å². The van der Waals surface area contributed by atoms with Crippen LogP contribution in [0.1, 0.15) is 34.3 Å². The monoisotopic (exact) mass is 456 g/mol. The van der Waals surface area contributed by atoms with Crippen molar-refractivity contribution < 1.29 is 34.1 Å². The van der Waals surface area contributed by atoms with E-state index in [2.05, 4.69) is 5.43 Å². The molecule has 170 valence electrons. The third kappa shape index (κ3) is 5.22. The standard InChI is InChI=1S/C20H16N4O9/c25-17-4-5-18(26)22(17)21-16(20(28)29)7-11-2-1-3-12(6-11)19(27)13-8-14(23(30)31)10-15(9-13)24(32)33/h1-3,6,8-10,16,21H,4-5,7H2,(H,28,29)/t16-/m0/s1. The molecule has 0 spiro atoms. The summed E-state index contributed by atoms with van der Waals surface area (Å²) >= 11 is 0. The fraction of sp³-hybridized carbons (Fsp3) is 0.200. The topological polar surface area (TPSA) is 190 Å². The van der Waals surface area contributed by atoms with Gasteiger partial charge in [-0.1, -0.05) is 18.2 Å². The van der Waals surface area contributed by atoms with Gasteiger partial charge in [0.25, 0.3) is 11.4 Å². The lowest BCUT2D eigenvalue weighted by molar-refractivity contribution is -0.394. The van der Waals surface area contributed by atoms with Gasteiger partial charge in [0.15, 0.2) is 5.78 Å². The van der Waals surface area contributed by atoms with E-state index < -0.39 is 50.8 Å². The molecule has 1 saturated heterocycles. The van der Waals surface area contributed by atoms with Crippen molar-refractivity contribution in [3.8, 4) is 0 Å². The van der Waals surface area contributed by atoms with Crippen LogP contribution < -0.4 is 5.43 Å². The molecule has 1 aliphatic rings. The van der Waals surface area contributed by atoms with Crippen LogP contribution in [0.25, 0.3) is 0 Å². The summed E-state index contributed by atoms with van der Waals surface area (Å²) in [5, 5.41) is 32.3. The van der Waals surface area contributed by atoms with Gasteiger partial charge in [-0.2, -0.15) is 0 Å². The molecule has 0 bridgehead atoms. The molecule has 2 N–H and O–H groups in total. The number of non-ortho nitro benzene ring substituents is 2. The molecule has 2 amide bonds. The van der Waals surface area contributed by atoms with Crippen molar-refractivity contribution in [2.24, 2.45) is 0 Å². The summed E-state index contributed by atoms with van der Waals surface area (Å²) in [7, 11) is 0. The Morgan fingerprint density at radius 3 is 2.06 bits per heavy atom. The van der Waals surface area contributed by atoms with E-state index in [1.165, 1.54) is 24.3 Å². The number of carbonyl (C=O) groups excluding carboxylic acids is 3. The first kappa shape index (κ1) is 23.1. The minimum Gasteiger partial charge on any atom is -0.480 e. The van der Waals surface area contributed by atoms with Gasteiger partial charge in [-0.15, -0.1) is 0 Å². The van der Waals surface area contributed by atoms with Gasteiger partial charge in [0.05, 0.1) is 15.9 Å². The Labute approximate surface area is 184 Å². The summed E-state index contributed by atoms with van der Waals surface area (Å²) in [6.07, 6.45) is -0.266. The zero-order valence-electron chi connectivity index (χ0n) is 16.8. The maximum absolute atomic E-state index is 12.9. The number of nitro benzene ring substituents is 2. The van der Waals surface area contributed by atoms with Crippen LogP contribution in [-0.4, -0.2) is 49.6 Å². The van der Waals surface area contributed by atoms with E-state index in [1.807, 2.05) is 0 Å². The summed E-state index contributed by atoms with van der Waals surface area (Å²) < 4.78 is 0. The van der Waals surface area contributed by atoms with Gasteiger partial charge < -0.3 is 5.11 Å². The second-order valence-electron chi connectivity index (χ2n) is 7.13. The van der Waals surface area contributed by atoms with Crippen LogP contribution in [0, 0.1) is 20.2 Å². The minimum absolute atomic E-state index is 0.0137. The lowest BCUT2D eigenvalue weighted by atomic mass is 9.98. The number of benzene rings is 2. The van der Waals surface area contributed by atoms with Crippen molar-refractivity contribution in [3.63, 3.8) is 0 Å². The first-order chi connectivity index (χ1) is 15.6. The molecule has 2 aromatic rings. The molecular weight excluding hydrogens is 440 g/mol. The fourth-order valence-electron chi connectivity index (χ4n) is 3.24. The number of amides is 2. The number of nitrogens with zero attached hydrogens (tertiary/aromatic N) is 3. The predicted octanol–water partition coefficient (Wildman–Crippen LogP) is 1.38. The molecule has 1 heterocycles. The maximum atomic E-state index is 12.9. The number of nitrogens with one attached hydrogen (secondary N) is 1. The molecule has 1 aliphatic heterocycles. The Balaban J connectivity index is 1.87. The fourth-order valence-corrected chi connectivity index (χ4v) is 3.24. The molecule has 1 fully saturated rings. The van der Waals surface area contributed by atoms with Gasteiger partial charge in [-0.05, 0) is 11.6 Å². The Morgan fingerprint density at radius 1 is 0.970 bits per heavy atom. The molecule has 2 aromatic carbocycles. The van der Waals surface area contributed by atoms with E-state index in [4.69, 9.17) is 0 Å². The van der Waals surface area contributed by atoms with Crippen molar-refractivity contribution in [1.29, 1.82) is 0 Å². The minimum atomic E-state index is -1.36. The highest BCUT2D eigenvalue weighted by atomic mass is 16.6. The van der Waals surface area contributed by atoms with Crippen molar-refractivity contribution in [2.75, 3.05) is 0 Å². The average molecular weight is 456 g/mol. The molecule has 0 saturated carbocycles. The van der Waals surface area contributed by atoms with Gasteiger partial charge >= 0.3 is 5.97 Å². The number of aliphatic carboxylic acids is 1. The Kier molecular flexibility index (Phi) is 6.53. The third-order valence-corrected chi connectivity index (χ3v) is 4.85. The SMILES string of the molecule is O=C(c1cccc(C[C@H](NN2C(=O)CCC2=O)C(=O)O)c1)c1cc([N+](=O)[O-])cc([N+](=O)[O-])c1. The number of nitro groups is 2. The quantitative estimate of drug-likeness (QED) is 0.241. The highest BCUT2D eigenvalue weighted by Crippen LogP contribution is 2.25. The molecule has 13 heteroatoms. The number of hydrazine groups is 1. The number of hydrogen-bond acceptors (Lipinski definition) is 9. The summed E-state index contributed by atoms with van der Waals surface area (Å²) in [6, 6.07) is 6.85. The summed E-state index contributed by atoms with van der Waals surface area (Å²) in [6.45, 7) is 0. The highest BCUT2D eigenvalue weighted by molar-refractivity contribution is 6.09. The zero-order chi connectivity index (χ0) is 24.3. The van der Waals surface area contributed by atoms with E-state index in [-0.39, 0.29) is 30.4 Å². The van der Waals surface area contributed by atoms with E-state index in [0.29, 0.717) is 10.6 Å². The lowest BCUT2D eigenvalue weighted by Gasteiger charge is -2.21. The number of carboxylic acids is 1. The number of imide groups is 1. The number of carbonyl (C=O) groups is 4. The van der Waals surface area contributed by atoms with Crippen LogP contribution in [0.4, 0.5) is 11.4 Å². The summed E-state index contributed by atoms with van der Waals surface area (Å²) in [4.78, 5) is 68.4.